The molecule has 0 heterocycles. The fourth-order valence-electron chi connectivity index (χ4n) is 2.08. The summed E-state index contributed by atoms with van der Waals surface area (Å²) < 4.78 is 44.4. The van der Waals surface area contributed by atoms with E-state index in [1.165, 1.54) is 0 Å². The molecule has 4 nitrogen and oxygen atoms in total. The Balaban J connectivity index is 1.78. The number of anilines is 1. The van der Waals surface area contributed by atoms with Gasteiger partial charge < -0.3 is 15.4 Å². The van der Waals surface area contributed by atoms with Crippen LogP contribution in [0.5, 0.6) is 5.75 Å². The first-order chi connectivity index (χ1) is 11.5. The molecule has 0 aliphatic rings. The quantitative estimate of drug-likeness (QED) is 0.603. The normalized spacial score (nSPS) is 10.5. The molecule has 0 aliphatic heterocycles. The molecule has 2 rings (SSSR count). The number of amides is 1. The van der Waals surface area contributed by atoms with Crippen LogP contribution in [0.2, 0.25) is 0 Å². The highest BCUT2D eigenvalue weighted by molar-refractivity contribution is 5.92. The van der Waals surface area contributed by atoms with E-state index in [1.807, 2.05) is 24.3 Å². The van der Waals surface area contributed by atoms with Crippen molar-refractivity contribution in [3.05, 3.63) is 59.4 Å². The highest BCUT2D eigenvalue weighted by Crippen LogP contribution is 2.19. The van der Waals surface area contributed by atoms with Crippen LogP contribution in [0, 0.1) is 17.5 Å². The minimum atomic E-state index is -1.61. The highest BCUT2D eigenvalue weighted by Gasteiger charge is 2.14. The van der Waals surface area contributed by atoms with Crippen molar-refractivity contribution in [2.75, 3.05) is 25.5 Å². The van der Waals surface area contributed by atoms with Crippen molar-refractivity contribution in [1.82, 2.24) is 5.32 Å². The van der Waals surface area contributed by atoms with E-state index in [0.29, 0.717) is 13.0 Å². The van der Waals surface area contributed by atoms with E-state index in [9.17, 15) is 18.0 Å². The second-order valence-electron chi connectivity index (χ2n) is 5.05. The Morgan fingerprint density at radius 3 is 2.67 bits per heavy atom. The topological polar surface area (TPSA) is 50.4 Å². The lowest BCUT2D eigenvalue weighted by atomic mass is 10.1. The molecule has 0 unspecified atom stereocenters. The van der Waals surface area contributed by atoms with Crippen LogP contribution in [0.25, 0.3) is 0 Å². The number of methoxy groups -OCH3 is 1. The van der Waals surface area contributed by atoms with E-state index in [4.69, 9.17) is 4.74 Å². The lowest BCUT2D eigenvalue weighted by Crippen LogP contribution is -2.29. The predicted octanol–water partition coefficient (Wildman–Crippen LogP) is 2.88. The molecule has 0 aromatic heterocycles. The average molecular weight is 338 g/mol. The van der Waals surface area contributed by atoms with Gasteiger partial charge in [0.1, 0.15) is 5.75 Å². The number of carbonyl (C=O) groups is 1. The predicted molar refractivity (Wildman–Crippen MR) is 84.5 cm³/mol. The second kappa shape index (κ2) is 8.35. The van der Waals surface area contributed by atoms with Gasteiger partial charge in [-0.25, -0.2) is 13.2 Å². The smallest absolute Gasteiger partial charge is 0.238 e. The third kappa shape index (κ3) is 4.73. The molecule has 0 radical (unpaired) electrons. The molecule has 0 saturated carbocycles. The summed E-state index contributed by atoms with van der Waals surface area (Å²) in [6, 6.07) is 9.25. The van der Waals surface area contributed by atoms with Gasteiger partial charge in [0.2, 0.25) is 5.91 Å². The molecule has 0 spiro atoms. The van der Waals surface area contributed by atoms with Crippen LogP contribution in [0.15, 0.2) is 36.4 Å². The van der Waals surface area contributed by atoms with Gasteiger partial charge in [0.15, 0.2) is 17.5 Å². The summed E-state index contributed by atoms with van der Waals surface area (Å²) >= 11 is 0. The number of benzene rings is 2. The molecule has 2 aromatic carbocycles. The Kier molecular flexibility index (Phi) is 6.20. The van der Waals surface area contributed by atoms with Gasteiger partial charge in [0.05, 0.1) is 19.3 Å². The van der Waals surface area contributed by atoms with Gasteiger partial charge in [-0.2, -0.15) is 0 Å². The molecule has 0 fully saturated rings. The zero-order valence-corrected chi connectivity index (χ0v) is 13.0. The lowest BCUT2D eigenvalue weighted by Gasteiger charge is -2.09. The van der Waals surface area contributed by atoms with Crippen LogP contribution in [0.3, 0.4) is 0 Å². The monoisotopic (exact) mass is 338 g/mol. The van der Waals surface area contributed by atoms with Gasteiger partial charge in [-0.1, -0.05) is 12.1 Å². The zero-order valence-electron chi connectivity index (χ0n) is 13.0. The second-order valence-corrected chi connectivity index (χ2v) is 5.05. The number of hydrogen-bond donors (Lipinski definition) is 2. The van der Waals surface area contributed by atoms with Crippen LogP contribution >= 0.6 is 0 Å². The summed E-state index contributed by atoms with van der Waals surface area (Å²) in [6.45, 7) is 0.434. The standard InChI is InChI=1S/C17H17F3N2O2/c1-24-12-4-2-3-11(9-12)7-8-21-10-15(23)22-14-6-5-13(18)16(19)17(14)20/h2-6,9,21H,7-8,10H2,1H3,(H,22,23). The molecule has 0 atom stereocenters. The van der Waals surface area contributed by atoms with Crippen molar-refractivity contribution >= 4 is 11.6 Å². The van der Waals surface area contributed by atoms with E-state index in [2.05, 4.69) is 10.6 Å². The average Bonchev–Trinajstić information content (AvgIpc) is 2.59. The largest absolute Gasteiger partial charge is 0.497 e. The molecular weight excluding hydrogens is 321 g/mol. The minimum Gasteiger partial charge on any atom is -0.497 e. The molecule has 1 amide bonds. The Morgan fingerprint density at radius 2 is 1.92 bits per heavy atom. The molecule has 2 N–H and O–H groups in total. The fourth-order valence-corrected chi connectivity index (χ4v) is 2.08. The summed E-state index contributed by atoms with van der Waals surface area (Å²) in [4.78, 5) is 11.7. The number of hydrogen-bond acceptors (Lipinski definition) is 3. The molecule has 0 saturated heterocycles. The number of ether oxygens (including phenoxy) is 1. The Bertz CT molecular complexity index is 723. The van der Waals surface area contributed by atoms with Gasteiger partial charge in [-0.15, -0.1) is 0 Å². The van der Waals surface area contributed by atoms with Gasteiger partial charge in [0, 0.05) is 0 Å². The maximum atomic E-state index is 13.4. The van der Waals surface area contributed by atoms with Crippen molar-refractivity contribution in [2.24, 2.45) is 0 Å². The lowest BCUT2D eigenvalue weighted by molar-refractivity contribution is -0.115. The SMILES string of the molecule is COc1cccc(CCNCC(=O)Nc2ccc(F)c(F)c2F)c1. The first-order valence-electron chi connectivity index (χ1n) is 7.28. The van der Waals surface area contributed by atoms with Crippen molar-refractivity contribution in [3.8, 4) is 5.75 Å². The van der Waals surface area contributed by atoms with Gasteiger partial charge in [-0.3, -0.25) is 4.79 Å². The minimum absolute atomic E-state index is 0.0809. The Morgan fingerprint density at radius 1 is 1.12 bits per heavy atom. The van der Waals surface area contributed by atoms with Gasteiger partial charge in [-0.05, 0) is 42.8 Å². The molecule has 0 aliphatic carbocycles. The molecular formula is C17H17F3N2O2. The third-order valence-electron chi connectivity index (χ3n) is 3.32. The van der Waals surface area contributed by atoms with Crippen molar-refractivity contribution in [1.29, 1.82) is 0 Å². The molecule has 0 bridgehead atoms. The summed E-state index contributed by atoms with van der Waals surface area (Å²) in [5.74, 6) is -4.13. The first-order valence-corrected chi connectivity index (χ1v) is 7.28. The van der Waals surface area contributed by atoms with Crippen LogP contribution in [-0.2, 0) is 11.2 Å². The Labute approximate surface area is 137 Å². The third-order valence-corrected chi connectivity index (χ3v) is 3.32. The van der Waals surface area contributed by atoms with Crippen molar-refractivity contribution in [2.45, 2.75) is 6.42 Å². The maximum Gasteiger partial charge on any atom is 0.238 e. The summed E-state index contributed by atoms with van der Waals surface area (Å²) in [5.41, 5.74) is 0.641. The molecule has 24 heavy (non-hydrogen) atoms. The molecule has 2 aromatic rings. The van der Waals surface area contributed by atoms with Gasteiger partial charge >= 0.3 is 0 Å². The summed E-state index contributed by atoms with van der Waals surface area (Å²) in [5, 5.41) is 5.09. The van der Waals surface area contributed by atoms with Crippen LogP contribution in [-0.4, -0.2) is 26.1 Å². The Hall–Kier alpha value is -2.54. The van der Waals surface area contributed by atoms with E-state index >= 15 is 0 Å². The van der Waals surface area contributed by atoms with E-state index in [-0.39, 0.29) is 6.54 Å². The van der Waals surface area contributed by atoms with Crippen LogP contribution < -0.4 is 15.4 Å². The first kappa shape index (κ1) is 17.8. The van der Waals surface area contributed by atoms with E-state index in [0.717, 1.165) is 23.4 Å². The zero-order chi connectivity index (χ0) is 17.5. The fraction of sp³-hybridized carbons (Fsp3) is 0.235. The number of nitrogens with one attached hydrogen (secondary N) is 2. The van der Waals surface area contributed by atoms with Crippen molar-refractivity contribution in [3.63, 3.8) is 0 Å². The highest BCUT2D eigenvalue weighted by atomic mass is 19.2. The van der Waals surface area contributed by atoms with Crippen molar-refractivity contribution < 1.29 is 22.7 Å². The maximum absolute atomic E-state index is 13.4. The molecule has 7 heteroatoms. The van der Waals surface area contributed by atoms with Crippen LogP contribution in [0.4, 0.5) is 18.9 Å². The number of carbonyl (C=O) groups excluding carboxylic acids is 1. The summed E-state index contributed by atoms with van der Waals surface area (Å²) in [6.07, 6.45) is 0.671. The summed E-state index contributed by atoms with van der Waals surface area (Å²) in [7, 11) is 1.58. The number of halogens is 3. The van der Waals surface area contributed by atoms with Gasteiger partial charge in [0.25, 0.3) is 0 Å². The van der Waals surface area contributed by atoms with E-state index in [1.54, 1.807) is 7.11 Å². The molecule has 128 valence electrons. The number of rotatable bonds is 7. The van der Waals surface area contributed by atoms with Crippen LogP contribution in [0.1, 0.15) is 5.56 Å². The van der Waals surface area contributed by atoms with E-state index < -0.39 is 29.0 Å².